The van der Waals surface area contributed by atoms with Gasteiger partial charge < -0.3 is 14.7 Å². The quantitative estimate of drug-likeness (QED) is 0.434. The van der Waals surface area contributed by atoms with E-state index in [2.05, 4.69) is 55.5 Å². The van der Waals surface area contributed by atoms with Gasteiger partial charge in [-0.25, -0.2) is 0 Å². The van der Waals surface area contributed by atoms with Gasteiger partial charge in [-0.1, -0.05) is 80.4 Å². The molecule has 138 valence electrons. The summed E-state index contributed by atoms with van der Waals surface area (Å²) >= 11 is 0. The topological polar surface area (TPSA) is 49.7 Å². The Labute approximate surface area is 161 Å². The molecule has 0 aliphatic heterocycles. The molecule has 0 radical (unpaired) electrons. The third kappa shape index (κ3) is 5.46. The largest absolute Gasteiger partial charge is 0.707 e. The summed E-state index contributed by atoms with van der Waals surface area (Å²) in [7, 11) is -1.80. The average molecular weight is 360 g/mol. The van der Waals surface area contributed by atoms with Crippen molar-refractivity contribution in [2.75, 3.05) is 0 Å². The summed E-state index contributed by atoms with van der Waals surface area (Å²) in [6.45, 7) is 2.23. The van der Waals surface area contributed by atoms with E-state index in [1.54, 1.807) is 12.1 Å². The smallest absolute Gasteiger partial charge is 0.512 e. The maximum absolute atomic E-state index is 8.84. The van der Waals surface area contributed by atoms with Gasteiger partial charge in [-0.15, -0.1) is 0 Å². The summed E-state index contributed by atoms with van der Waals surface area (Å²) < 4.78 is 4.83. The molecule has 2 N–H and O–H groups in total. The van der Waals surface area contributed by atoms with E-state index >= 15 is 0 Å². The monoisotopic (exact) mass is 360 g/mol. The van der Waals surface area contributed by atoms with Crippen LogP contribution in [-0.2, 0) is 6.42 Å². The van der Waals surface area contributed by atoms with Gasteiger partial charge in [0.25, 0.3) is 0 Å². The highest BCUT2D eigenvalue weighted by Crippen LogP contribution is 2.26. The van der Waals surface area contributed by atoms with Gasteiger partial charge in [0.1, 0.15) is 5.75 Å². The van der Waals surface area contributed by atoms with Crippen LogP contribution < -0.4 is 4.65 Å². The highest BCUT2D eigenvalue weighted by molar-refractivity contribution is 6.33. The molecule has 0 saturated heterocycles. The van der Waals surface area contributed by atoms with E-state index in [0.29, 0.717) is 5.75 Å². The van der Waals surface area contributed by atoms with Crippen LogP contribution in [0.5, 0.6) is 5.75 Å². The van der Waals surface area contributed by atoms with E-state index in [9.17, 15) is 0 Å². The lowest BCUT2D eigenvalue weighted by molar-refractivity contribution is 0.288. The first kappa shape index (κ1) is 19.2. The highest BCUT2D eigenvalue weighted by Gasteiger charge is 2.10. The molecule has 0 atom stereocenters. The fourth-order valence-electron chi connectivity index (χ4n) is 3.15. The summed E-state index contributed by atoms with van der Waals surface area (Å²) in [5, 5.41) is 17.7. The van der Waals surface area contributed by atoms with Crippen molar-refractivity contribution in [1.82, 2.24) is 0 Å². The predicted octanol–water partition coefficient (Wildman–Crippen LogP) is 5.10. The van der Waals surface area contributed by atoms with Crippen LogP contribution in [0.2, 0.25) is 0 Å². The molecule has 27 heavy (non-hydrogen) atoms. The molecular formula is C23H25BO3. The van der Waals surface area contributed by atoms with Gasteiger partial charge in [-0.05, 0) is 52.8 Å². The molecule has 0 bridgehead atoms. The van der Waals surface area contributed by atoms with Gasteiger partial charge in [0, 0.05) is 0 Å². The van der Waals surface area contributed by atoms with Crippen LogP contribution in [0.25, 0.3) is 22.3 Å². The van der Waals surface area contributed by atoms with Crippen LogP contribution in [0.3, 0.4) is 0 Å². The van der Waals surface area contributed by atoms with Gasteiger partial charge in [0.2, 0.25) is 0 Å². The van der Waals surface area contributed by atoms with E-state index in [1.807, 2.05) is 12.1 Å². The standard InChI is InChI=1S/C23H25BO3/c1-2-3-4-5-18-6-8-19(9-7-18)20-10-12-21(13-11-20)22-14-16-23(17-15-22)27-24(25)26/h6-17,25-26H,2-5H2,1H3. The first-order valence-electron chi connectivity index (χ1n) is 9.48. The Balaban J connectivity index is 1.68. The van der Waals surface area contributed by atoms with E-state index in [1.165, 1.54) is 36.0 Å². The Morgan fingerprint density at radius 2 is 1.11 bits per heavy atom. The fourth-order valence-corrected chi connectivity index (χ4v) is 3.15. The summed E-state index contributed by atoms with van der Waals surface area (Å²) in [5.41, 5.74) is 5.97. The summed E-state index contributed by atoms with van der Waals surface area (Å²) in [6, 6.07) is 24.6. The first-order chi connectivity index (χ1) is 13.2. The summed E-state index contributed by atoms with van der Waals surface area (Å²) in [6.07, 6.45) is 4.95. The van der Waals surface area contributed by atoms with Crippen molar-refractivity contribution in [2.45, 2.75) is 32.6 Å². The maximum Gasteiger partial charge on any atom is 0.707 e. The molecule has 0 aliphatic rings. The molecule has 0 aromatic heterocycles. The molecule has 0 fully saturated rings. The van der Waals surface area contributed by atoms with Crippen LogP contribution in [-0.4, -0.2) is 17.4 Å². The summed E-state index contributed by atoms with van der Waals surface area (Å²) in [5.74, 6) is 0.421. The van der Waals surface area contributed by atoms with Crippen LogP contribution in [0.4, 0.5) is 0 Å². The van der Waals surface area contributed by atoms with Crippen LogP contribution in [0.1, 0.15) is 31.7 Å². The zero-order chi connectivity index (χ0) is 19.1. The van der Waals surface area contributed by atoms with Gasteiger partial charge in [0.15, 0.2) is 0 Å². The second-order valence-electron chi connectivity index (χ2n) is 6.70. The Hall–Kier alpha value is -2.56. The van der Waals surface area contributed by atoms with Crippen molar-refractivity contribution in [3.8, 4) is 28.0 Å². The number of unbranched alkanes of at least 4 members (excludes halogenated alkanes) is 2. The molecule has 0 spiro atoms. The van der Waals surface area contributed by atoms with E-state index in [0.717, 1.165) is 17.5 Å². The third-order valence-electron chi connectivity index (χ3n) is 4.67. The molecule has 0 amide bonds. The molecule has 4 heteroatoms. The minimum absolute atomic E-state index is 0.421. The van der Waals surface area contributed by atoms with Gasteiger partial charge in [-0.3, -0.25) is 0 Å². The molecule has 0 aliphatic carbocycles. The van der Waals surface area contributed by atoms with Gasteiger partial charge in [-0.2, -0.15) is 0 Å². The Kier molecular flexibility index (Phi) is 6.69. The first-order valence-corrected chi connectivity index (χ1v) is 9.48. The lowest BCUT2D eigenvalue weighted by Crippen LogP contribution is -2.20. The Bertz CT molecular complexity index is 825. The van der Waals surface area contributed by atoms with E-state index < -0.39 is 7.32 Å². The van der Waals surface area contributed by atoms with Crippen LogP contribution in [0.15, 0.2) is 72.8 Å². The molecular weight excluding hydrogens is 335 g/mol. The number of hydrogen-bond acceptors (Lipinski definition) is 3. The van der Waals surface area contributed by atoms with Crippen molar-refractivity contribution in [3.63, 3.8) is 0 Å². The lowest BCUT2D eigenvalue weighted by atomic mass is 9.98. The number of aryl methyl sites for hydroxylation is 1. The third-order valence-corrected chi connectivity index (χ3v) is 4.67. The zero-order valence-corrected chi connectivity index (χ0v) is 15.6. The van der Waals surface area contributed by atoms with E-state index in [4.69, 9.17) is 14.7 Å². The molecule has 3 aromatic rings. The number of hydrogen-bond donors (Lipinski definition) is 2. The van der Waals surface area contributed by atoms with Crippen molar-refractivity contribution in [2.24, 2.45) is 0 Å². The van der Waals surface area contributed by atoms with Crippen LogP contribution in [0, 0.1) is 0 Å². The molecule has 3 rings (SSSR count). The average Bonchev–Trinajstić information content (AvgIpc) is 2.69. The Morgan fingerprint density at radius 1 is 0.667 bits per heavy atom. The Morgan fingerprint density at radius 3 is 1.56 bits per heavy atom. The predicted molar refractivity (Wildman–Crippen MR) is 111 cm³/mol. The lowest BCUT2D eigenvalue weighted by Gasteiger charge is -2.08. The summed E-state index contributed by atoms with van der Waals surface area (Å²) in [4.78, 5) is 0. The van der Waals surface area contributed by atoms with Crippen molar-refractivity contribution in [3.05, 3.63) is 78.4 Å². The second kappa shape index (κ2) is 9.40. The number of rotatable bonds is 8. The molecule has 3 aromatic carbocycles. The highest BCUT2D eigenvalue weighted by atomic mass is 16.6. The molecule has 0 heterocycles. The minimum Gasteiger partial charge on any atom is -0.512 e. The second-order valence-corrected chi connectivity index (χ2v) is 6.70. The molecule has 3 nitrogen and oxygen atoms in total. The SMILES string of the molecule is CCCCCc1ccc(-c2ccc(-c3ccc(OB(O)O)cc3)cc2)cc1. The zero-order valence-electron chi connectivity index (χ0n) is 15.6. The van der Waals surface area contributed by atoms with Crippen molar-refractivity contribution < 1.29 is 14.7 Å². The minimum atomic E-state index is -1.80. The molecule has 0 unspecified atom stereocenters. The van der Waals surface area contributed by atoms with Crippen molar-refractivity contribution >= 4 is 7.32 Å². The van der Waals surface area contributed by atoms with Gasteiger partial charge in [0.05, 0.1) is 0 Å². The van der Waals surface area contributed by atoms with Crippen LogP contribution >= 0.6 is 0 Å². The molecule has 0 saturated carbocycles. The number of benzene rings is 3. The van der Waals surface area contributed by atoms with Gasteiger partial charge >= 0.3 is 7.32 Å². The maximum atomic E-state index is 8.84. The fraction of sp³-hybridized carbons (Fsp3) is 0.217. The van der Waals surface area contributed by atoms with E-state index in [-0.39, 0.29) is 0 Å². The van der Waals surface area contributed by atoms with Crippen molar-refractivity contribution in [1.29, 1.82) is 0 Å². The normalized spacial score (nSPS) is 10.6.